The van der Waals surface area contributed by atoms with Crippen molar-refractivity contribution in [3.05, 3.63) is 0 Å². The molecule has 1 aliphatic heterocycles. The van der Waals surface area contributed by atoms with E-state index >= 15 is 0 Å². The van der Waals surface area contributed by atoms with Gasteiger partial charge in [0, 0.05) is 19.1 Å². The molecule has 1 saturated heterocycles. The van der Waals surface area contributed by atoms with Crippen molar-refractivity contribution < 1.29 is 9.90 Å². The van der Waals surface area contributed by atoms with Crippen molar-refractivity contribution in [2.45, 2.75) is 57.4 Å². The van der Waals surface area contributed by atoms with Crippen LogP contribution in [0.3, 0.4) is 0 Å². The number of rotatable bonds is 2. The van der Waals surface area contributed by atoms with E-state index in [1.54, 1.807) is 0 Å². The Labute approximate surface area is 103 Å². The van der Waals surface area contributed by atoms with E-state index in [4.69, 9.17) is 0 Å². The minimum Gasteiger partial charge on any atom is -0.481 e. The molecule has 0 amide bonds. The zero-order chi connectivity index (χ0) is 11.9. The van der Waals surface area contributed by atoms with E-state index in [1.165, 1.54) is 45.2 Å². The average Bonchev–Trinajstić information content (AvgIpc) is 2.76. The highest BCUT2D eigenvalue weighted by Gasteiger charge is 2.49. The second kappa shape index (κ2) is 4.27. The van der Waals surface area contributed by atoms with Gasteiger partial charge in [-0.05, 0) is 31.1 Å². The summed E-state index contributed by atoms with van der Waals surface area (Å²) in [5.74, 6) is -0.662. The van der Waals surface area contributed by atoms with Gasteiger partial charge in [0.2, 0.25) is 0 Å². The number of aliphatic carboxylic acids is 1. The predicted octanol–water partition coefficient (Wildman–Crippen LogP) is 2.51. The highest BCUT2D eigenvalue weighted by Crippen LogP contribution is 2.48. The number of carbonyl (C=O) groups is 1. The van der Waals surface area contributed by atoms with E-state index in [0.717, 1.165) is 19.3 Å². The largest absolute Gasteiger partial charge is 0.481 e. The summed E-state index contributed by atoms with van der Waals surface area (Å²) in [6, 6.07) is 0.340. The lowest BCUT2D eigenvalue weighted by Crippen LogP contribution is -2.61. The molecule has 2 unspecified atom stereocenters. The highest BCUT2D eigenvalue weighted by molar-refractivity contribution is 5.71. The highest BCUT2D eigenvalue weighted by atomic mass is 16.4. The Morgan fingerprint density at radius 2 is 1.71 bits per heavy atom. The fraction of sp³-hybridized carbons (Fsp3) is 0.929. The zero-order valence-electron chi connectivity index (χ0n) is 10.5. The Hall–Kier alpha value is -0.570. The van der Waals surface area contributed by atoms with E-state index in [9.17, 15) is 9.90 Å². The summed E-state index contributed by atoms with van der Waals surface area (Å²) in [6.45, 7) is 2.36. The van der Waals surface area contributed by atoms with Crippen molar-refractivity contribution in [1.82, 2.24) is 4.90 Å². The topological polar surface area (TPSA) is 40.5 Å². The van der Waals surface area contributed by atoms with Crippen LogP contribution in [-0.4, -0.2) is 35.1 Å². The van der Waals surface area contributed by atoms with Gasteiger partial charge in [-0.1, -0.05) is 25.7 Å². The number of likely N-dealkylation sites (tertiary alicyclic amines) is 1. The van der Waals surface area contributed by atoms with Crippen LogP contribution >= 0.6 is 0 Å². The van der Waals surface area contributed by atoms with Crippen molar-refractivity contribution in [1.29, 1.82) is 0 Å². The number of carboxylic acids is 1. The van der Waals surface area contributed by atoms with Gasteiger partial charge in [-0.2, -0.15) is 0 Å². The molecule has 0 aromatic carbocycles. The van der Waals surface area contributed by atoms with Crippen LogP contribution in [0.4, 0.5) is 0 Å². The van der Waals surface area contributed by atoms with Gasteiger partial charge in [-0.15, -0.1) is 0 Å². The quantitative estimate of drug-likeness (QED) is 0.802. The molecule has 3 fully saturated rings. The first-order valence-electron chi connectivity index (χ1n) is 7.17. The second-order valence-corrected chi connectivity index (χ2v) is 6.41. The second-order valence-electron chi connectivity index (χ2n) is 6.41. The Bertz CT molecular complexity index is 301. The number of carboxylic acid groups (broad SMARTS) is 1. The average molecular weight is 237 g/mol. The number of hydrogen-bond donors (Lipinski definition) is 1. The molecule has 1 spiro atoms. The molecular formula is C14H23NO2. The summed E-state index contributed by atoms with van der Waals surface area (Å²) in [6.07, 6.45) is 9.87. The molecule has 0 aromatic rings. The van der Waals surface area contributed by atoms with Crippen molar-refractivity contribution in [3.63, 3.8) is 0 Å². The third kappa shape index (κ3) is 1.99. The van der Waals surface area contributed by atoms with Gasteiger partial charge in [0.1, 0.15) is 0 Å². The monoisotopic (exact) mass is 237 g/mol. The first-order valence-corrected chi connectivity index (χ1v) is 7.17. The molecule has 1 heterocycles. The molecule has 2 saturated carbocycles. The van der Waals surface area contributed by atoms with Crippen LogP contribution in [0, 0.1) is 11.3 Å². The zero-order valence-corrected chi connectivity index (χ0v) is 10.5. The third-order valence-corrected chi connectivity index (χ3v) is 5.26. The van der Waals surface area contributed by atoms with Crippen molar-refractivity contribution in [2.24, 2.45) is 11.3 Å². The maximum Gasteiger partial charge on any atom is 0.308 e. The van der Waals surface area contributed by atoms with Gasteiger partial charge in [0.05, 0.1) is 5.92 Å². The molecule has 3 aliphatic rings. The fourth-order valence-electron chi connectivity index (χ4n) is 4.33. The van der Waals surface area contributed by atoms with E-state index in [-0.39, 0.29) is 5.92 Å². The molecule has 17 heavy (non-hydrogen) atoms. The molecule has 2 aliphatic carbocycles. The van der Waals surface area contributed by atoms with Gasteiger partial charge in [-0.3, -0.25) is 9.69 Å². The molecule has 2 atom stereocenters. The van der Waals surface area contributed by atoms with Gasteiger partial charge in [0.15, 0.2) is 0 Å². The standard InChI is InChI=1S/C14H23NO2/c16-13(17)11-5-1-2-6-12(11)15-9-14(10-15)7-3-4-8-14/h11-12H,1-10H2,(H,16,17). The van der Waals surface area contributed by atoms with Crippen LogP contribution in [0.5, 0.6) is 0 Å². The fourth-order valence-corrected chi connectivity index (χ4v) is 4.33. The minimum absolute atomic E-state index is 0.0949. The first kappa shape index (κ1) is 11.5. The van der Waals surface area contributed by atoms with E-state index < -0.39 is 5.97 Å². The summed E-state index contributed by atoms with van der Waals surface area (Å²) in [5.41, 5.74) is 0.598. The maximum atomic E-state index is 11.3. The molecule has 96 valence electrons. The lowest BCUT2D eigenvalue weighted by atomic mass is 9.73. The Morgan fingerprint density at radius 3 is 2.35 bits per heavy atom. The smallest absolute Gasteiger partial charge is 0.308 e. The molecule has 3 heteroatoms. The first-order chi connectivity index (χ1) is 8.20. The Balaban J connectivity index is 1.62. The SMILES string of the molecule is O=C(O)C1CCCCC1N1CC2(CCCC2)C1. The molecule has 0 radical (unpaired) electrons. The van der Waals surface area contributed by atoms with Crippen LogP contribution in [0.25, 0.3) is 0 Å². The minimum atomic E-state index is -0.568. The van der Waals surface area contributed by atoms with Crippen LogP contribution < -0.4 is 0 Å². The molecule has 0 bridgehead atoms. The molecule has 3 rings (SSSR count). The van der Waals surface area contributed by atoms with Gasteiger partial charge < -0.3 is 5.11 Å². The normalized spacial score (nSPS) is 36.9. The van der Waals surface area contributed by atoms with Crippen LogP contribution in [0.1, 0.15) is 51.4 Å². The lowest BCUT2D eigenvalue weighted by molar-refractivity contribution is -0.149. The summed E-state index contributed by atoms with van der Waals surface area (Å²) in [7, 11) is 0. The van der Waals surface area contributed by atoms with Crippen molar-refractivity contribution in [3.8, 4) is 0 Å². The predicted molar refractivity (Wildman–Crippen MR) is 65.9 cm³/mol. The molecular weight excluding hydrogens is 214 g/mol. The summed E-state index contributed by atoms with van der Waals surface area (Å²) < 4.78 is 0. The van der Waals surface area contributed by atoms with E-state index in [2.05, 4.69) is 4.90 Å². The summed E-state index contributed by atoms with van der Waals surface area (Å²) in [4.78, 5) is 13.8. The van der Waals surface area contributed by atoms with Crippen molar-refractivity contribution >= 4 is 5.97 Å². The van der Waals surface area contributed by atoms with Gasteiger partial charge in [0.25, 0.3) is 0 Å². The van der Waals surface area contributed by atoms with Crippen LogP contribution in [0.15, 0.2) is 0 Å². The number of hydrogen-bond acceptors (Lipinski definition) is 2. The Morgan fingerprint density at radius 1 is 1.06 bits per heavy atom. The van der Waals surface area contributed by atoms with Crippen LogP contribution in [0.2, 0.25) is 0 Å². The van der Waals surface area contributed by atoms with Gasteiger partial charge in [-0.25, -0.2) is 0 Å². The molecule has 3 nitrogen and oxygen atoms in total. The van der Waals surface area contributed by atoms with Crippen LogP contribution in [-0.2, 0) is 4.79 Å². The lowest BCUT2D eigenvalue weighted by Gasteiger charge is -2.54. The van der Waals surface area contributed by atoms with E-state index in [1.807, 2.05) is 0 Å². The van der Waals surface area contributed by atoms with E-state index in [0.29, 0.717) is 11.5 Å². The third-order valence-electron chi connectivity index (χ3n) is 5.26. The Kier molecular flexibility index (Phi) is 2.89. The summed E-state index contributed by atoms with van der Waals surface area (Å²) >= 11 is 0. The summed E-state index contributed by atoms with van der Waals surface area (Å²) in [5, 5.41) is 9.31. The van der Waals surface area contributed by atoms with Crippen molar-refractivity contribution in [2.75, 3.05) is 13.1 Å². The maximum absolute atomic E-state index is 11.3. The molecule has 0 aromatic heterocycles. The number of nitrogens with zero attached hydrogens (tertiary/aromatic N) is 1. The van der Waals surface area contributed by atoms with Gasteiger partial charge >= 0.3 is 5.97 Å². The molecule has 1 N–H and O–H groups in total.